The zero-order chi connectivity index (χ0) is 20.5. The van der Waals surface area contributed by atoms with Crippen molar-refractivity contribution in [2.75, 3.05) is 45.3 Å². The van der Waals surface area contributed by atoms with Crippen LogP contribution in [0.4, 0.5) is 13.9 Å². The molecule has 4 rings (SSSR count). The number of ether oxygens (including phenoxy) is 2. The molecule has 1 aromatic heterocycles. The SMILES string of the molecule is COc1ccc(C(=O)N2CCN(c3nc4c(F)cc(F)cc4s3)CC2)cc1OC. The molecule has 3 aromatic rings. The summed E-state index contributed by atoms with van der Waals surface area (Å²) in [5, 5.41) is 0.628. The van der Waals surface area contributed by atoms with Gasteiger partial charge in [0.2, 0.25) is 0 Å². The Hall–Kier alpha value is -2.94. The summed E-state index contributed by atoms with van der Waals surface area (Å²) in [4.78, 5) is 20.9. The van der Waals surface area contributed by atoms with Crippen LogP contribution in [0.15, 0.2) is 30.3 Å². The Morgan fingerprint density at radius 2 is 1.76 bits per heavy atom. The number of nitrogens with zero attached hydrogens (tertiary/aromatic N) is 3. The predicted molar refractivity (Wildman–Crippen MR) is 107 cm³/mol. The van der Waals surface area contributed by atoms with Crippen LogP contribution in [0.2, 0.25) is 0 Å². The summed E-state index contributed by atoms with van der Waals surface area (Å²) < 4.78 is 38.3. The van der Waals surface area contributed by atoms with Crippen LogP contribution in [0, 0.1) is 11.6 Å². The Labute approximate surface area is 170 Å². The van der Waals surface area contributed by atoms with Crippen LogP contribution in [0.25, 0.3) is 10.2 Å². The molecule has 0 bridgehead atoms. The summed E-state index contributed by atoms with van der Waals surface area (Å²) in [6.07, 6.45) is 0. The van der Waals surface area contributed by atoms with E-state index in [1.807, 2.05) is 4.90 Å². The van der Waals surface area contributed by atoms with Crippen molar-refractivity contribution in [3.8, 4) is 11.5 Å². The number of halogens is 2. The lowest BCUT2D eigenvalue weighted by atomic mass is 10.1. The van der Waals surface area contributed by atoms with Crippen LogP contribution in [0.5, 0.6) is 11.5 Å². The molecule has 1 amide bonds. The molecule has 1 saturated heterocycles. The molecule has 0 aliphatic carbocycles. The first-order chi connectivity index (χ1) is 14.0. The smallest absolute Gasteiger partial charge is 0.254 e. The van der Waals surface area contributed by atoms with Gasteiger partial charge in [0.15, 0.2) is 22.4 Å². The summed E-state index contributed by atoms with van der Waals surface area (Å²) in [5.74, 6) is -0.308. The third kappa shape index (κ3) is 3.69. The number of hydrogen-bond donors (Lipinski definition) is 0. The average Bonchev–Trinajstić information content (AvgIpc) is 3.17. The van der Waals surface area contributed by atoms with Gasteiger partial charge in [-0.05, 0) is 24.3 Å². The van der Waals surface area contributed by atoms with E-state index in [1.165, 1.54) is 24.5 Å². The van der Waals surface area contributed by atoms with E-state index in [-0.39, 0.29) is 11.4 Å². The number of carbonyl (C=O) groups is 1. The number of anilines is 1. The summed E-state index contributed by atoms with van der Waals surface area (Å²) in [5.41, 5.74) is 0.698. The molecule has 6 nitrogen and oxygen atoms in total. The molecule has 1 aliphatic heterocycles. The van der Waals surface area contributed by atoms with Gasteiger partial charge in [-0.25, -0.2) is 13.8 Å². The second-order valence-electron chi connectivity index (χ2n) is 6.58. The van der Waals surface area contributed by atoms with Crippen molar-refractivity contribution in [2.45, 2.75) is 0 Å². The molecular weight excluding hydrogens is 400 g/mol. The van der Waals surface area contributed by atoms with E-state index < -0.39 is 11.6 Å². The van der Waals surface area contributed by atoms with Crippen LogP contribution >= 0.6 is 11.3 Å². The molecular formula is C20H19F2N3O3S. The maximum atomic E-state index is 13.9. The Morgan fingerprint density at radius 3 is 2.45 bits per heavy atom. The van der Waals surface area contributed by atoms with Crippen molar-refractivity contribution < 1.29 is 23.0 Å². The van der Waals surface area contributed by atoms with Crippen LogP contribution in [-0.4, -0.2) is 56.2 Å². The van der Waals surface area contributed by atoms with Gasteiger partial charge in [0.05, 0.1) is 18.9 Å². The van der Waals surface area contributed by atoms with Gasteiger partial charge in [0.1, 0.15) is 11.3 Å². The second-order valence-corrected chi connectivity index (χ2v) is 7.59. The third-order valence-electron chi connectivity index (χ3n) is 4.87. The Balaban J connectivity index is 1.47. The van der Waals surface area contributed by atoms with E-state index in [1.54, 1.807) is 30.2 Å². The van der Waals surface area contributed by atoms with Crippen molar-refractivity contribution in [3.05, 3.63) is 47.5 Å². The van der Waals surface area contributed by atoms with Gasteiger partial charge in [0.25, 0.3) is 5.91 Å². The molecule has 152 valence electrons. The molecule has 9 heteroatoms. The minimum Gasteiger partial charge on any atom is -0.493 e. The minimum absolute atomic E-state index is 0.0944. The van der Waals surface area contributed by atoms with Crippen LogP contribution < -0.4 is 14.4 Å². The lowest BCUT2D eigenvalue weighted by Crippen LogP contribution is -2.48. The quantitative estimate of drug-likeness (QED) is 0.647. The number of aromatic nitrogens is 1. The first-order valence-electron chi connectivity index (χ1n) is 9.02. The number of benzene rings is 2. The van der Waals surface area contributed by atoms with Crippen LogP contribution in [0.3, 0.4) is 0 Å². The van der Waals surface area contributed by atoms with Gasteiger partial charge in [-0.15, -0.1) is 0 Å². The Bertz CT molecular complexity index is 1060. The average molecular weight is 419 g/mol. The number of fused-ring (bicyclic) bond motifs is 1. The monoisotopic (exact) mass is 419 g/mol. The number of rotatable bonds is 4. The normalized spacial score (nSPS) is 14.3. The fraction of sp³-hybridized carbons (Fsp3) is 0.300. The molecule has 0 saturated carbocycles. The summed E-state index contributed by atoms with van der Waals surface area (Å²) >= 11 is 1.25. The number of carbonyl (C=O) groups excluding carboxylic acids is 1. The van der Waals surface area contributed by atoms with E-state index in [2.05, 4.69) is 4.98 Å². The maximum absolute atomic E-state index is 13.9. The zero-order valence-corrected chi connectivity index (χ0v) is 16.8. The molecule has 0 unspecified atom stereocenters. The van der Waals surface area contributed by atoms with Gasteiger partial charge in [-0.2, -0.15) is 0 Å². The number of piperazine rings is 1. The van der Waals surface area contributed by atoms with Gasteiger partial charge in [-0.3, -0.25) is 4.79 Å². The lowest BCUT2D eigenvalue weighted by molar-refractivity contribution is 0.0746. The summed E-state index contributed by atoms with van der Waals surface area (Å²) in [6, 6.07) is 7.21. The van der Waals surface area contributed by atoms with Gasteiger partial charge in [0, 0.05) is 37.8 Å². The van der Waals surface area contributed by atoms with Crippen molar-refractivity contribution in [1.29, 1.82) is 0 Å². The first kappa shape index (κ1) is 19.4. The molecule has 0 radical (unpaired) electrons. The predicted octanol–water partition coefficient (Wildman–Crippen LogP) is 3.55. The van der Waals surface area contributed by atoms with Crippen LogP contribution in [-0.2, 0) is 0 Å². The van der Waals surface area contributed by atoms with Crippen molar-refractivity contribution >= 4 is 32.6 Å². The highest BCUT2D eigenvalue weighted by molar-refractivity contribution is 7.22. The highest BCUT2D eigenvalue weighted by Gasteiger charge is 2.25. The van der Waals surface area contributed by atoms with Crippen LogP contribution in [0.1, 0.15) is 10.4 Å². The van der Waals surface area contributed by atoms with E-state index in [9.17, 15) is 13.6 Å². The van der Waals surface area contributed by atoms with E-state index in [4.69, 9.17) is 9.47 Å². The standard InChI is InChI=1S/C20H19F2N3O3S/c1-27-15-4-3-12(9-16(15)28-2)19(26)24-5-7-25(8-6-24)20-23-18-14(22)10-13(21)11-17(18)29-20/h3-4,9-11H,5-8H2,1-2H3. The fourth-order valence-corrected chi connectivity index (χ4v) is 4.39. The number of hydrogen-bond acceptors (Lipinski definition) is 6. The number of amides is 1. The summed E-state index contributed by atoms with van der Waals surface area (Å²) in [6.45, 7) is 2.12. The highest BCUT2D eigenvalue weighted by Crippen LogP contribution is 2.32. The minimum atomic E-state index is -0.662. The molecule has 2 aromatic carbocycles. The van der Waals surface area contributed by atoms with E-state index in [0.29, 0.717) is 53.1 Å². The summed E-state index contributed by atoms with van der Waals surface area (Å²) in [7, 11) is 3.07. The molecule has 1 fully saturated rings. The Kier molecular flexibility index (Phi) is 5.23. The number of thiazole rings is 1. The third-order valence-corrected chi connectivity index (χ3v) is 5.93. The molecule has 0 N–H and O–H groups in total. The lowest BCUT2D eigenvalue weighted by Gasteiger charge is -2.34. The fourth-order valence-electron chi connectivity index (χ4n) is 3.33. The molecule has 29 heavy (non-hydrogen) atoms. The zero-order valence-electron chi connectivity index (χ0n) is 15.9. The second kappa shape index (κ2) is 7.82. The van der Waals surface area contributed by atoms with Gasteiger partial charge < -0.3 is 19.3 Å². The molecule has 2 heterocycles. The van der Waals surface area contributed by atoms with Gasteiger partial charge in [-0.1, -0.05) is 11.3 Å². The van der Waals surface area contributed by atoms with E-state index in [0.717, 1.165) is 6.07 Å². The van der Waals surface area contributed by atoms with E-state index >= 15 is 0 Å². The molecule has 1 aliphatic rings. The highest BCUT2D eigenvalue weighted by atomic mass is 32.1. The Morgan fingerprint density at radius 1 is 1.03 bits per heavy atom. The van der Waals surface area contributed by atoms with Gasteiger partial charge >= 0.3 is 0 Å². The largest absolute Gasteiger partial charge is 0.493 e. The molecule has 0 spiro atoms. The van der Waals surface area contributed by atoms with Crippen molar-refractivity contribution in [2.24, 2.45) is 0 Å². The number of methoxy groups -OCH3 is 2. The first-order valence-corrected chi connectivity index (χ1v) is 9.83. The maximum Gasteiger partial charge on any atom is 0.254 e. The topological polar surface area (TPSA) is 54.9 Å². The molecule has 0 atom stereocenters. The van der Waals surface area contributed by atoms with Crippen molar-refractivity contribution in [3.63, 3.8) is 0 Å². The van der Waals surface area contributed by atoms with Crippen molar-refractivity contribution in [1.82, 2.24) is 9.88 Å².